The van der Waals surface area contributed by atoms with E-state index in [0.29, 0.717) is 41.1 Å². The first kappa shape index (κ1) is 22.9. The summed E-state index contributed by atoms with van der Waals surface area (Å²) in [6, 6.07) is 10.5. The molecule has 1 aliphatic rings. The van der Waals surface area contributed by atoms with Gasteiger partial charge in [0.15, 0.2) is 0 Å². The molecule has 9 heteroatoms. The van der Waals surface area contributed by atoms with Gasteiger partial charge < -0.3 is 9.47 Å². The molecule has 1 saturated heterocycles. The van der Waals surface area contributed by atoms with Gasteiger partial charge in [-0.05, 0) is 49.7 Å². The molecule has 0 atom stereocenters. The molecule has 4 rings (SSSR count). The zero-order chi connectivity index (χ0) is 23.2. The van der Waals surface area contributed by atoms with Gasteiger partial charge in [0.1, 0.15) is 18.7 Å². The molecule has 0 aliphatic carbocycles. The summed E-state index contributed by atoms with van der Waals surface area (Å²) in [5, 5.41) is 0.449. The Labute approximate surface area is 191 Å². The molecule has 1 amide bonds. The Morgan fingerprint density at radius 1 is 1.18 bits per heavy atom. The van der Waals surface area contributed by atoms with Crippen LogP contribution in [0.1, 0.15) is 22.8 Å². The van der Waals surface area contributed by atoms with Crippen molar-refractivity contribution in [2.24, 2.45) is 0 Å². The molecule has 1 fully saturated rings. The van der Waals surface area contributed by atoms with Crippen molar-refractivity contribution in [3.8, 4) is 11.4 Å². The first-order valence-electron chi connectivity index (χ1n) is 11.0. The summed E-state index contributed by atoms with van der Waals surface area (Å²) < 4.78 is 12.7. The zero-order valence-corrected chi connectivity index (χ0v) is 18.9. The predicted molar refractivity (Wildman–Crippen MR) is 124 cm³/mol. The third-order valence-electron chi connectivity index (χ3n) is 5.55. The van der Waals surface area contributed by atoms with Crippen LogP contribution >= 0.6 is 0 Å². The minimum Gasteiger partial charge on any atom is -0.492 e. The van der Waals surface area contributed by atoms with Crippen LogP contribution in [0.5, 0.6) is 5.75 Å². The van der Waals surface area contributed by atoms with Crippen LogP contribution in [-0.4, -0.2) is 66.4 Å². The average Bonchev–Trinajstić information content (AvgIpc) is 2.84. The second-order valence-electron chi connectivity index (χ2n) is 7.77. The maximum Gasteiger partial charge on any atom is 0.274 e. The molecule has 0 saturated carbocycles. The number of ether oxygens (including phenoxy) is 2. The number of carbonyl (C=O) groups excluding carboxylic acids is 1. The highest BCUT2D eigenvalue weighted by Crippen LogP contribution is 2.19. The van der Waals surface area contributed by atoms with E-state index in [4.69, 9.17) is 14.3 Å². The number of aryl methyl sites for hydroxylation is 1. The highest BCUT2D eigenvalue weighted by Gasteiger charge is 2.14. The lowest BCUT2D eigenvalue weighted by molar-refractivity contribution is 0.0322. The van der Waals surface area contributed by atoms with Crippen molar-refractivity contribution >= 4 is 16.8 Å². The SMILES string of the molecule is CCONC(=O)c1ccc(C)c(-n2cnc3ccc(OCCN4CCOCC4)cc3c2=O)c1. The lowest BCUT2D eigenvalue weighted by Crippen LogP contribution is -2.38. The topological polar surface area (TPSA) is 94.9 Å². The second kappa shape index (κ2) is 10.6. The van der Waals surface area contributed by atoms with E-state index in [2.05, 4.69) is 15.4 Å². The number of morpholine rings is 1. The van der Waals surface area contributed by atoms with Crippen molar-refractivity contribution in [3.63, 3.8) is 0 Å². The minimum atomic E-state index is -0.379. The molecule has 0 spiro atoms. The van der Waals surface area contributed by atoms with Gasteiger partial charge >= 0.3 is 0 Å². The summed E-state index contributed by atoms with van der Waals surface area (Å²) >= 11 is 0. The van der Waals surface area contributed by atoms with Crippen LogP contribution in [0.4, 0.5) is 0 Å². The van der Waals surface area contributed by atoms with Gasteiger partial charge in [0.05, 0.1) is 36.4 Å². The van der Waals surface area contributed by atoms with Gasteiger partial charge in [0, 0.05) is 25.2 Å². The lowest BCUT2D eigenvalue weighted by atomic mass is 10.1. The van der Waals surface area contributed by atoms with Crippen LogP contribution in [0.2, 0.25) is 0 Å². The molecular formula is C24H28N4O5. The summed E-state index contributed by atoms with van der Waals surface area (Å²) in [4.78, 5) is 37.3. The number of hydrogen-bond donors (Lipinski definition) is 1. The Morgan fingerprint density at radius 2 is 2.00 bits per heavy atom. The molecule has 174 valence electrons. The number of nitrogens with zero attached hydrogens (tertiary/aromatic N) is 3. The molecule has 1 N–H and O–H groups in total. The van der Waals surface area contributed by atoms with Crippen LogP contribution in [0, 0.1) is 6.92 Å². The van der Waals surface area contributed by atoms with Crippen molar-refractivity contribution in [2.75, 3.05) is 46.1 Å². The number of aromatic nitrogens is 2. The first-order valence-corrected chi connectivity index (χ1v) is 11.0. The lowest BCUT2D eigenvalue weighted by Gasteiger charge is -2.26. The van der Waals surface area contributed by atoms with Crippen LogP contribution in [0.25, 0.3) is 16.6 Å². The molecule has 3 aromatic rings. The highest BCUT2D eigenvalue weighted by atomic mass is 16.6. The fourth-order valence-electron chi connectivity index (χ4n) is 3.69. The van der Waals surface area contributed by atoms with E-state index in [1.54, 1.807) is 37.3 Å². The average molecular weight is 453 g/mol. The fraction of sp³-hybridized carbons (Fsp3) is 0.375. The van der Waals surface area contributed by atoms with Crippen molar-refractivity contribution in [1.82, 2.24) is 19.9 Å². The Morgan fingerprint density at radius 3 is 2.79 bits per heavy atom. The summed E-state index contributed by atoms with van der Waals surface area (Å²) in [6.45, 7) is 8.63. The van der Waals surface area contributed by atoms with Gasteiger partial charge in [0.2, 0.25) is 0 Å². The van der Waals surface area contributed by atoms with E-state index in [-0.39, 0.29) is 11.5 Å². The monoisotopic (exact) mass is 452 g/mol. The zero-order valence-electron chi connectivity index (χ0n) is 18.9. The molecule has 1 aliphatic heterocycles. The Kier molecular flexibility index (Phi) is 7.33. The maximum absolute atomic E-state index is 13.3. The molecule has 33 heavy (non-hydrogen) atoms. The molecule has 1 aromatic heterocycles. The van der Waals surface area contributed by atoms with Gasteiger partial charge in [-0.25, -0.2) is 10.5 Å². The van der Waals surface area contributed by atoms with E-state index in [0.717, 1.165) is 38.4 Å². The number of carbonyl (C=O) groups is 1. The molecule has 9 nitrogen and oxygen atoms in total. The quantitative estimate of drug-likeness (QED) is 0.523. The number of benzene rings is 2. The third kappa shape index (κ3) is 5.39. The van der Waals surface area contributed by atoms with Gasteiger partial charge in [0.25, 0.3) is 11.5 Å². The number of hydrogen-bond acceptors (Lipinski definition) is 7. The standard InChI is InChI=1S/C24H28N4O5/c1-3-33-26-23(29)18-5-4-17(2)22(14-18)28-16-25-21-7-6-19(15-20(21)24(28)30)32-13-10-27-8-11-31-12-9-27/h4-7,14-16H,3,8-13H2,1-2H3,(H,26,29). The maximum atomic E-state index is 13.3. The predicted octanol–water partition coefficient (Wildman–Crippen LogP) is 2.09. The Balaban J connectivity index is 1.58. The van der Waals surface area contributed by atoms with Gasteiger partial charge in [-0.3, -0.25) is 23.9 Å². The van der Waals surface area contributed by atoms with Gasteiger partial charge in [-0.2, -0.15) is 0 Å². The van der Waals surface area contributed by atoms with Crippen molar-refractivity contribution in [2.45, 2.75) is 13.8 Å². The number of amides is 1. The molecule has 0 radical (unpaired) electrons. The first-order chi connectivity index (χ1) is 16.1. The third-order valence-corrected chi connectivity index (χ3v) is 5.55. The van der Waals surface area contributed by atoms with Crippen molar-refractivity contribution < 1.29 is 19.1 Å². The molecule has 2 aromatic carbocycles. The van der Waals surface area contributed by atoms with E-state index in [9.17, 15) is 9.59 Å². The van der Waals surface area contributed by atoms with E-state index in [1.807, 2.05) is 13.0 Å². The molecule has 2 heterocycles. The number of nitrogens with one attached hydrogen (secondary N) is 1. The van der Waals surface area contributed by atoms with E-state index in [1.165, 1.54) is 10.9 Å². The summed E-state index contributed by atoms with van der Waals surface area (Å²) in [5.41, 5.74) is 4.53. The van der Waals surface area contributed by atoms with Gasteiger partial charge in [-0.1, -0.05) is 6.07 Å². The minimum absolute atomic E-state index is 0.232. The summed E-state index contributed by atoms with van der Waals surface area (Å²) in [5.74, 6) is 0.241. The Bertz CT molecular complexity index is 1190. The fourth-order valence-corrected chi connectivity index (χ4v) is 3.69. The smallest absolute Gasteiger partial charge is 0.274 e. The Hall–Kier alpha value is -3.27. The molecule has 0 bridgehead atoms. The van der Waals surface area contributed by atoms with Crippen LogP contribution in [0.3, 0.4) is 0 Å². The van der Waals surface area contributed by atoms with Crippen LogP contribution < -0.4 is 15.8 Å². The van der Waals surface area contributed by atoms with Crippen molar-refractivity contribution in [3.05, 3.63) is 64.2 Å². The number of rotatable bonds is 8. The highest BCUT2D eigenvalue weighted by molar-refractivity contribution is 5.94. The van der Waals surface area contributed by atoms with E-state index >= 15 is 0 Å². The number of fused-ring (bicyclic) bond motifs is 1. The van der Waals surface area contributed by atoms with Crippen LogP contribution in [-0.2, 0) is 9.57 Å². The largest absolute Gasteiger partial charge is 0.492 e. The van der Waals surface area contributed by atoms with E-state index < -0.39 is 0 Å². The van der Waals surface area contributed by atoms with Crippen molar-refractivity contribution in [1.29, 1.82) is 0 Å². The summed E-state index contributed by atoms with van der Waals surface area (Å²) in [6.07, 6.45) is 1.48. The number of hydroxylamine groups is 1. The molecular weight excluding hydrogens is 424 g/mol. The molecule has 0 unspecified atom stereocenters. The van der Waals surface area contributed by atoms with Gasteiger partial charge in [-0.15, -0.1) is 0 Å². The van der Waals surface area contributed by atoms with Crippen LogP contribution in [0.15, 0.2) is 47.5 Å². The second-order valence-corrected chi connectivity index (χ2v) is 7.77. The normalized spacial score (nSPS) is 14.4. The summed E-state index contributed by atoms with van der Waals surface area (Å²) in [7, 11) is 0.